The Kier molecular flexibility index (Phi) is 5.99. The van der Waals surface area contributed by atoms with Crippen molar-refractivity contribution in [3.8, 4) is 11.1 Å². The van der Waals surface area contributed by atoms with E-state index in [0.29, 0.717) is 0 Å². The molecule has 1 aliphatic heterocycles. The van der Waals surface area contributed by atoms with Crippen molar-refractivity contribution in [3.05, 3.63) is 59.7 Å². The summed E-state index contributed by atoms with van der Waals surface area (Å²) in [5.74, 6) is 0. The number of hydrogen-bond acceptors (Lipinski definition) is 2. The van der Waals surface area contributed by atoms with E-state index < -0.39 is 11.7 Å². The van der Waals surface area contributed by atoms with Crippen molar-refractivity contribution in [2.75, 3.05) is 39.8 Å². The molecular weight excluding hydrogens is 337 g/mol. The van der Waals surface area contributed by atoms with Gasteiger partial charge in [-0.15, -0.1) is 0 Å². The van der Waals surface area contributed by atoms with Gasteiger partial charge in [0.2, 0.25) is 0 Å². The Hall–Kier alpha value is -1.85. The number of piperazine rings is 1. The minimum Gasteiger partial charge on any atom is -0.304 e. The van der Waals surface area contributed by atoms with Gasteiger partial charge >= 0.3 is 6.18 Å². The van der Waals surface area contributed by atoms with Crippen molar-refractivity contribution in [1.82, 2.24) is 9.80 Å². The Morgan fingerprint density at radius 2 is 1.54 bits per heavy atom. The Morgan fingerprint density at radius 1 is 0.885 bits per heavy atom. The molecule has 3 rings (SSSR count). The van der Waals surface area contributed by atoms with Crippen molar-refractivity contribution >= 4 is 0 Å². The van der Waals surface area contributed by atoms with Crippen molar-refractivity contribution in [2.24, 2.45) is 0 Å². The molecule has 0 N–H and O–H groups in total. The van der Waals surface area contributed by atoms with Gasteiger partial charge in [-0.25, -0.2) is 0 Å². The predicted molar refractivity (Wildman–Crippen MR) is 99.1 cm³/mol. The number of benzene rings is 2. The third-order valence-corrected chi connectivity index (χ3v) is 5.06. The lowest BCUT2D eigenvalue weighted by molar-refractivity contribution is -0.137. The van der Waals surface area contributed by atoms with Gasteiger partial charge in [-0.3, -0.25) is 0 Å². The Balaban J connectivity index is 1.64. The highest BCUT2D eigenvalue weighted by atomic mass is 19.4. The normalized spacial score (nSPS) is 16.8. The molecule has 2 aromatic rings. The van der Waals surface area contributed by atoms with E-state index >= 15 is 0 Å². The lowest BCUT2D eigenvalue weighted by Gasteiger charge is -2.32. The molecule has 1 heterocycles. The van der Waals surface area contributed by atoms with Crippen LogP contribution in [0.2, 0.25) is 0 Å². The first-order valence-electron chi connectivity index (χ1n) is 9.10. The Labute approximate surface area is 153 Å². The number of nitrogens with zero attached hydrogens (tertiary/aromatic N) is 2. The molecule has 0 amide bonds. The largest absolute Gasteiger partial charge is 0.416 e. The predicted octanol–water partition coefficient (Wildman–Crippen LogP) is 4.55. The summed E-state index contributed by atoms with van der Waals surface area (Å²) in [6.45, 7) is 5.51. The molecule has 1 saturated heterocycles. The van der Waals surface area contributed by atoms with Gasteiger partial charge in [0.25, 0.3) is 0 Å². The van der Waals surface area contributed by atoms with Gasteiger partial charge in [-0.1, -0.05) is 36.4 Å². The van der Waals surface area contributed by atoms with E-state index in [4.69, 9.17) is 0 Å². The highest BCUT2D eigenvalue weighted by Crippen LogP contribution is 2.32. The van der Waals surface area contributed by atoms with Crippen LogP contribution in [-0.2, 0) is 12.6 Å². The number of hydrogen-bond donors (Lipinski definition) is 0. The smallest absolute Gasteiger partial charge is 0.304 e. The van der Waals surface area contributed by atoms with E-state index in [1.54, 1.807) is 12.1 Å². The molecule has 0 saturated carbocycles. The lowest BCUT2D eigenvalue weighted by atomic mass is 9.96. The van der Waals surface area contributed by atoms with E-state index in [9.17, 15) is 13.2 Å². The maximum Gasteiger partial charge on any atom is 0.416 e. The molecule has 140 valence electrons. The molecule has 0 spiro atoms. The standard InChI is InChI=1S/C21H25F3N2/c1-25-13-15-26(16-14-25)12-4-6-17-5-2-3-7-20(17)18-8-10-19(11-9-18)21(22,23)24/h2-3,5,7-11H,4,6,12-16H2,1H3. The van der Waals surface area contributed by atoms with Crippen LogP contribution in [-0.4, -0.2) is 49.6 Å². The molecule has 1 aliphatic rings. The molecule has 1 fully saturated rings. The van der Waals surface area contributed by atoms with E-state index in [-0.39, 0.29) is 0 Å². The second-order valence-electron chi connectivity index (χ2n) is 6.98. The van der Waals surface area contributed by atoms with E-state index in [1.807, 2.05) is 18.2 Å². The molecule has 26 heavy (non-hydrogen) atoms. The van der Waals surface area contributed by atoms with Gasteiger partial charge in [0, 0.05) is 26.2 Å². The maximum absolute atomic E-state index is 12.8. The van der Waals surface area contributed by atoms with Crippen LogP contribution in [0.25, 0.3) is 11.1 Å². The zero-order chi connectivity index (χ0) is 18.6. The number of likely N-dealkylation sites (N-methyl/N-ethyl adjacent to an activating group) is 1. The highest BCUT2D eigenvalue weighted by Gasteiger charge is 2.30. The van der Waals surface area contributed by atoms with E-state index in [0.717, 1.165) is 68.8 Å². The summed E-state index contributed by atoms with van der Waals surface area (Å²) in [4.78, 5) is 4.83. The van der Waals surface area contributed by atoms with Gasteiger partial charge in [0.1, 0.15) is 0 Å². The fraction of sp³-hybridized carbons (Fsp3) is 0.429. The molecule has 0 aromatic heterocycles. The molecule has 5 heteroatoms. The summed E-state index contributed by atoms with van der Waals surface area (Å²) in [6, 6.07) is 13.5. The first-order valence-corrected chi connectivity index (χ1v) is 9.10. The second kappa shape index (κ2) is 8.23. The molecule has 0 aliphatic carbocycles. The molecule has 0 atom stereocenters. The average molecular weight is 362 g/mol. The van der Waals surface area contributed by atoms with Crippen molar-refractivity contribution in [2.45, 2.75) is 19.0 Å². The van der Waals surface area contributed by atoms with Crippen LogP contribution in [0.4, 0.5) is 13.2 Å². The summed E-state index contributed by atoms with van der Waals surface area (Å²) in [6.07, 6.45) is -2.30. The molecule has 2 aromatic carbocycles. The lowest BCUT2D eigenvalue weighted by Crippen LogP contribution is -2.44. The fourth-order valence-electron chi connectivity index (χ4n) is 3.42. The zero-order valence-electron chi connectivity index (χ0n) is 15.1. The van der Waals surface area contributed by atoms with Crippen LogP contribution in [0, 0.1) is 0 Å². The summed E-state index contributed by atoms with van der Waals surface area (Å²) in [5.41, 5.74) is 2.46. The van der Waals surface area contributed by atoms with Crippen LogP contribution < -0.4 is 0 Å². The van der Waals surface area contributed by atoms with Crippen LogP contribution in [0.15, 0.2) is 48.5 Å². The van der Waals surface area contributed by atoms with Crippen LogP contribution in [0.1, 0.15) is 17.5 Å². The monoisotopic (exact) mass is 362 g/mol. The topological polar surface area (TPSA) is 6.48 Å². The Bertz CT molecular complexity index is 702. The summed E-state index contributed by atoms with van der Waals surface area (Å²) in [7, 11) is 2.15. The third-order valence-electron chi connectivity index (χ3n) is 5.06. The van der Waals surface area contributed by atoms with E-state index in [1.165, 1.54) is 5.56 Å². The van der Waals surface area contributed by atoms with E-state index in [2.05, 4.69) is 22.9 Å². The number of aryl methyl sites for hydroxylation is 1. The van der Waals surface area contributed by atoms with Gasteiger partial charge in [-0.05, 0) is 55.3 Å². The quantitative estimate of drug-likeness (QED) is 0.770. The minimum absolute atomic E-state index is 0.603. The summed E-state index contributed by atoms with van der Waals surface area (Å²) < 4.78 is 38.3. The van der Waals surface area contributed by atoms with Crippen molar-refractivity contribution < 1.29 is 13.2 Å². The Morgan fingerprint density at radius 3 is 2.19 bits per heavy atom. The number of halogens is 3. The van der Waals surface area contributed by atoms with Gasteiger partial charge in [0.05, 0.1) is 5.56 Å². The number of rotatable bonds is 5. The first-order chi connectivity index (χ1) is 12.4. The van der Waals surface area contributed by atoms with Crippen molar-refractivity contribution in [1.29, 1.82) is 0 Å². The SMILES string of the molecule is CN1CCN(CCCc2ccccc2-c2ccc(C(F)(F)F)cc2)CC1. The molecule has 0 unspecified atom stereocenters. The molecular formula is C21H25F3N2. The highest BCUT2D eigenvalue weighted by molar-refractivity contribution is 5.67. The third kappa shape index (κ3) is 4.86. The number of alkyl halides is 3. The summed E-state index contributed by atoms with van der Waals surface area (Å²) in [5, 5.41) is 0. The minimum atomic E-state index is -4.29. The van der Waals surface area contributed by atoms with Crippen LogP contribution in [0.5, 0.6) is 0 Å². The second-order valence-corrected chi connectivity index (χ2v) is 6.98. The fourth-order valence-corrected chi connectivity index (χ4v) is 3.42. The molecule has 2 nitrogen and oxygen atoms in total. The molecule has 0 bridgehead atoms. The van der Waals surface area contributed by atoms with Gasteiger partial charge in [-0.2, -0.15) is 13.2 Å². The van der Waals surface area contributed by atoms with Crippen molar-refractivity contribution in [3.63, 3.8) is 0 Å². The van der Waals surface area contributed by atoms with Gasteiger partial charge in [0.15, 0.2) is 0 Å². The van der Waals surface area contributed by atoms with Gasteiger partial charge < -0.3 is 9.80 Å². The van der Waals surface area contributed by atoms with Crippen LogP contribution in [0.3, 0.4) is 0 Å². The average Bonchev–Trinajstić information content (AvgIpc) is 2.63. The molecule has 0 radical (unpaired) electrons. The van der Waals surface area contributed by atoms with Crippen LogP contribution >= 0.6 is 0 Å². The zero-order valence-corrected chi connectivity index (χ0v) is 15.1. The first kappa shape index (κ1) is 18.9. The maximum atomic E-state index is 12.8. The summed E-state index contributed by atoms with van der Waals surface area (Å²) >= 11 is 0.